The SMILES string of the molecule is O=C(Nc1ccccc1)c1cccc(-c2ccn(Cc3ccncc3)n2)c1C(F)(F)F. The van der Waals surface area contributed by atoms with Crippen molar-refractivity contribution in [3.8, 4) is 11.3 Å². The van der Waals surface area contributed by atoms with Gasteiger partial charge in [-0.1, -0.05) is 30.3 Å². The van der Waals surface area contributed by atoms with Crippen molar-refractivity contribution < 1.29 is 18.0 Å². The van der Waals surface area contributed by atoms with Gasteiger partial charge in [0.05, 0.1) is 23.4 Å². The smallest absolute Gasteiger partial charge is 0.322 e. The van der Waals surface area contributed by atoms with Crippen molar-refractivity contribution in [1.82, 2.24) is 14.8 Å². The lowest BCUT2D eigenvalue weighted by Gasteiger charge is -2.16. The molecule has 0 aliphatic rings. The Morgan fingerprint density at radius 1 is 0.935 bits per heavy atom. The summed E-state index contributed by atoms with van der Waals surface area (Å²) in [6, 6.07) is 17.4. The standard InChI is InChI=1S/C23H17F3N4O/c24-23(25,26)21-18(20-11-14-30(29-20)15-16-9-12-27-13-10-16)7-4-8-19(21)22(31)28-17-5-2-1-3-6-17/h1-14H,15H2,(H,28,31). The average Bonchev–Trinajstić information content (AvgIpc) is 3.22. The molecule has 156 valence electrons. The third kappa shape index (κ3) is 4.63. The maximum Gasteiger partial charge on any atom is 0.417 e. The second-order valence-corrected chi connectivity index (χ2v) is 6.80. The van der Waals surface area contributed by atoms with E-state index < -0.39 is 23.2 Å². The molecule has 2 heterocycles. The highest BCUT2D eigenvalue weighted by molar-refractivity contribution is 6.06. The summed E-state index contributed by atoms with van der Waals surface area (Å²) in [5, 5.41) is 6.82. The minimum Gasteiger partial charge on any atom is -0.322 e. The van der Waals surface area contributed by atoms with Gasteiger partial charge in [0.15, 0.2) is 0 Å². The van der Waals surface area contributed by atoms with Crippen LogP contribution < -0.4 is 5.32 Å². The summed E-state index contributed by atoms with van der Waals surface area (Å²) in [5.41, 5.74) is -0.170. The van der Waals surface area contributed by atoms with E-state index in [9.17, 15) is 18.0 Å². The van der Waals surface area contributed by atoms with Crippen molar-refractivity contribution in [2.45, 2.75) is 12.7 Å². The highest BCUT2D eigenvalue weighted by atomic mass is 19.4. The summed E-state index contributed by atoms with van der Waals surface area (Å²) >= 11 is 0. The van der Waals surface area contributed by atoms with Crippen LogP contribution in [0.3, 0.4) is 0 Å². The first-order chi connectivity index (χ1) is 14.9. The number of para-hydroxylation sites is 1. The average molecular weight is 422 g/mol. The molecule has 0 aliphatic heterocycles. The molecule has 31 heavy (non-hydrogen) atoms. The Hall–Kier alpha value is -3.94. The lowest BCUT2D eigenvalue weighted by Crippen LogP contribution is -2.20. The van der Waals surface area contributed by atoms with Crippen molar-refractivity contribution >= 4 is 11.6 Å². The monoisotopic (exact) mass is 422 g/mol. The van der Waals surface area contributed by atoms with Crippen LogP contribution in [0.4, 0.5) is 18.9 Å². The van der Waals surface area contributed by atoms with Gasteiger partial charge in [-0.2, -0.15) is 18.3 Å². The third-order valence-electron chi connectivity index (χ3n) is 4.63. The predicted octanol–water partition coefficient (Wildman–Crippen LogP) is 5.26. The number of alkyl halides is 3. The molecular weight excluding hydrogens is 405 g/mol. The van der Waals surface area contributed by atoms with Gasteiger partial charge in [-0.15, -0.1) is 0 Å². The van der Waals surface area contributed by atoms with Crippen molar-refractivity contribution in [1.29, 1.82) is 0 Å². The van der Waals surface area contributed by atoms with Crippen molar-refractivity contribution in [2.24, 2.45) is 0 Å². The zero-order valence-electron chi connectivity index (χ0n) is 16.2. The molecule has 8 heteroatoms. The zero-order valence-corrected chi connectivity index (χ0v) is 16.2. The second-order valence-electron chi connectivity index (χ2n) is 6.80. The van der Waals surface area contributed by atoms with E-state index in [2.05, 4.69) is 15.4 Å². The summed E-state index contributed by atoms with van der Waals surface area (Å²) in [4.78, 5) is 16.6. The minimum atomic E-state index is -4.74. The number of hydrogen-bond donors (Lipinski definition) is 1. The first-order valence-corrected chi connectivity index (χ1v) is 9.41. The van der Waals surface area contributed by atoms with Crippen LogP contribution in [-0.4, -0.2) is 20.7 Å². The summed E-state index contributed by atoms with van der Waals surface area (Å²) in [6.07, 6.45) is 0.133. The Labute approximate surface area is 176 Å². The summed E-state index contributed by atoms with van der Waals surface area (Å²) in [7, 11) is 0. The summed E-state index contributed by atoms with van der Waals surface area (Å²) < 4.78 is 43.6. The van der Waals surface area contributed by atoms with Crippen LogP contribution in [0.2, 0.25) is 0 Å². The quantitative estimate of drug-likeness (QED) is 0.477. The van der Waals surface area contributed by atoms with Crippen molar-refractivity contribution in [3.63, 3.8) is 0 Å². The topological polar surface area (TPSA) is 59.8 Å². The van der Waals surface area contributed by atoms with Gasteiger partial charge in [0.2, 0.25) is 0 Å². The molecule has 2 aromatic carbocycles. The number of nitrogens with zero attached hydrogens (tertiary/aromatic N) is 3. The highest BCUT2D eigenvalue weighted by Gasteiger charge is 2.38. The molecule has 0 radical (unpaired) electrons. The number of pyridine rings is 1. The normalized spacial score (nSPS) is 11.3. The van der Waals surface area contributed by atoms with Crippen LogP contribution in [0.5, 0.6) is 0 Å². The molecule has 0 spiro atoms. The van der Waals surface area contributed by atoms with E-state index in [4.69, 9.17) is 0 Å². The number of aromatic nitrogens is 3. The first kappa shape index (κ1) is 20.3. The largest absolute Gasteiger partial charge is 0.417 e. The van der Waals surface area contributed by atoms with Crippen LogP contribution in [-0.2, 0) is 12.7 Å². The summed E-state index contributed by atoms with van der Waals surface area (Å²) in [6.45, 7) is 0.387. The minimum absolute atomic E-state index is 0.135. The molecule has 4 rings (SSSR count). The van der Waals surface area contributed by atoms with Gasteiger partial charge < -0.3 is 5.32 Å². The molecule has 1 N–H and O–H groups in total. The molecule has 0 fully saturated rings. The molecule has 5 nitrogen and oxygen atoms in total. The van der Waals surface area contributed by atoms with Gasteiger partial charge in [-0.3, -0.25) is 14.5 Å². The number of hydrogen-bond acceptors (Lipinski definition) is 3. The number of halogens is 3. The Kier molecular flexibility index (Phi) is 5.53. The van der Waals surface area contributed by atoms with E-state index in [1.807, 2.05) is 0 Å². The van der Waals surface area contributed by atoms with E-state index in [1.165, 1.54) is 24.3 Å². The molecule has 0 aliphatic carbocycles. The summed E-state index contributed by atoms with van der Waals surface area (Å²) in [5.74, 6) is -0.836. The van der Waals surface area contributed by atoms with E-state index >= 15 is 0 Å². The van der Waals surface area contributed by atoms with E-state index in [-0.39, 0.29) is 11.3 Å². The van der Waals surface area contributed by atoms with Crippen LogP contribution >= 0.6 is 0 Å². The number of nitrogens with one attached hydrogen (secondary N) is 1. The van der Waals surface area contributed by atoms with Crippen LogP contribution in [0.25, 0.3) is 11.3 Å². The molecule has 2 aromatic heterocycles. The van der Waals surface area contributed by atoms with Gasteiger partial charge in [0, 0.05) is 29.8 Å². The van der Waals surface area contributed by atoms with Crippen molar-refractivity contribution in [3.05, 3.63) is 102 Å². The fourth-order valence-electron chi connectivity index (χ4n) is 3.25. The third-order valence-corrected chi connectivity index (χ3v) is 4.63. The molecule has 0 unspecified atom stereocenters. The van der Waals surface area contributed by atoms with Gasteiger partial charge in [0.25, 0.3) is 5.91 Å². The number of carbonyl (C=O) groups is 1. The Morgan fingerprint density at radius 3 is 2.39 bits per heavy atom. The van der Waals surface area contributed by atoms with Gasteiger partial charge >= 0.3 is 6.18 Å². The van der Waals surface area contributed by atoms with Crippen molar-refractivity contribution in [2.75, 3.05) is 5.32 Å². The molecule has 0 saturated carbocycles. The lowest BCUT2D eigenvalue weighted by molar-refractivity contribution is -0.137. The Balaban J connectivity index is 1.70. The molecular formula is C23H17F3N4O. The maximum atomic E-state index is 14.0. The fourth-order valence-corrected chi connectivity index (χ4v) is 3.25. The number of amides is 1. The number of benzene rings is 2. The molecule has 4 aromatic rings. The Morgan fingerprint density at radius 2 is 1.68 bits per heavy atom. The van der Waals surface area contributed by atoms with Crippen LogP contribution in [0.15, 0.2) is 85.3 Å². The van der Waals surface area contributed by atoms with E-state index in [0.717, 1.165) is 5.56 Å². The van der Waals surface area contributed by atoms with Crippen LogP contribution in [0.1, 0.15) is 21.5 Å². The van der Waals surface area contributed by atoms with Gasteiger partial charge in [-0.05, 0) is 42.0 Å². The van der Waals surface area contributed by atoms with Crippen LogP contribution in [0, 0.1) is 0 Å². The molecule has 0 bridgehead atoms. The van der Waals surface area contributed by atoms with E-state index in [1.54, 1.807) is 65.7 Å². The van der Waals surface area contributed by atoms with Gasteiger partial charge in [-0.25, -0.2) is 0 Å². The fraction of sp³-hybridized carbons (Fsp3) is 0.0870. The first-order valence-electron chi connectivity index (χ1n) is 9.41. The number of rotatable bonds is 5. The van der Waals surface area contributed by atoms with E-state index in [0.29, 0.717) is 12.2 Å². The molecule has 0 atom stereocenters. The predicted molar refractivity (Wildman–Crippen MR) is 110 cm³/mol. The second kappa shape index (κ2) is 8.43. The van der Waals surface area contributed by atoms with Gasteiger partial charge in [0.1, 0.15) is 0 Å². The maximum absolute atomic E-state index is 14.0. The highest BCUT2D eigenvalue weighted by Crippen LogP contribution is 2.39. The zero-order chi connectivity index (χ0) is 21.8. The molecule has 0 saturated heterocycles. The number of carbonyl (C=O) groups excluding carboxylic acids is 1. The molecule has 1 amide bonds. The Bertz CT molecular complexity index is 1190. The number of anilines is 1. The lowest BCUT2D eigenvalue weighted by atomic mass is 9.97.